The summed E-state index contributed by atoms with van der Waals surface area (Å²) in [6.45, 7) is 2.71. The number of benzene rings is 1. The lowest BCUT2D eigenvalue weighted by Crippen LogP contribution is -2.38. The number of likely N-dealkylation sites (tertiary alicyclic amines) is 1. The Labute approximate surface area is 168 Å². The van der Waals surface area contributed by atoms with Gasteiger partial charge in [0.1, 0.15) is 18.4 Å². The standard InChI is InChI=1S/C21H25N5O3/c1-24-12-15(23-11-21(24)28)13-25-8-5-16(6-9-25)29-19-4-2-3-18-17(19)7-10-26(18)14-20(22)27/h2-4,7,10-12,16H,5-6,8-9,13-14H2,1H3,(H2,22,27). The van der Waals surface area contributed by atoms with Gasteiger partial charge in [-0.1, -0.05) is 6.07 Å². The van der Waals surface area contributed by atoms with Crippen LogP contribution in [0, 0.1) is 0 Å². The number of hydrogen-bond acceptors (Lipinski definition) is 5. The second-order valence-electron chi connectivity index (χ2n) is 7.52. The first-order valence-electron chi connectivity index (χ1n) is 9.76. The van der Waals surface area contributed by atoms with E-state index in [1.807, 2.05) is 35.0 Å². The molecule has 1 amide bonds. The molecule has 0 saturated carbocycles. The number of piperidine rings is 1. The first-order valence-corrected chi connectivity index (χ1v) is 9.76. The van der Waals surface area contributed by atoms with Gasteiger partial charge in [-0.25, -0.2) is 0 Å². The van der Waals surface area contributed by atoms with Crippen LogP contribution in [0.3, 0.4) is 0 Å². The maximum Gasteiger partial charge on any atom is 0.268 e. The van der Waals surface area contributed by atoms with E-state index >= 15 is 0 Å². The van der Waals surface area contributed by atoms with Gasteiger partial charge in [-0.3, -0.25) is 19.5 Å². The van der Waals surface area contributed by atoms with E-state index < -0.39 is 0 Å². The molecule has 3 aromatic rings. The summed E-state index contributed by atoms with van der Waals surface area (Å²) in [6.07, 6.45) is 7.02. The van der Waals surface area contributed by atoms with E-state index in [4.69, 9.17) is 10.5 Å². The monoisotopic (exact) mass is 395 g/mol. The van der Waals surface area contributed by atoms with Crippen molar-refractivity contribution in [3.8, 4) is 5.75 Å². The molecule has 2 aromatic heterocycles. The fourth-order valence-corrected chi connectivity index (χ4v) is 3.83. The third-order valence-corrected chi connectivity index (χ3v) is 5.34. The van der Waals surface area contributed by atoms with E-state index in [9.17, 15) is 9.59 Å². The molecule has 0 unspecified atom stereocenters. The van der Waals surface area contributed by atoms with E-state index in [1.54, 1.807) is 17.8 Å². The zero-order valence-corrected chi connectivity index (χ0v) is 16.5. The highest BCUT2D eigenvalue weighted by atomic mass is 16.5. The molecule has 29 heavy (non-hydrogen) atoms. The third-order valence-electron chi connectivity index (χ3n) is 5.34. The van der Waals surface area contributed by atoms with Crippen LogP contribution in [0.15, 0.2) is 47.7 Å². The van der Waals surface area contributed by atoms with Crippen LogP contribution in [-0.4, -0.2) is 44.1 Å². The lowest BCUT2D eigenvalue weighted by molar-refractivity contribution is -0.118. The molecule has 2 N–H and O–H groups in total. The minimum atomic E-state index is -0.367. The number of hydrogen-bond donors (Lipinski definition) is 1. The van der Waals surface area contributed by atoms with E-state index in [-0.39, 0.29) is 24.1 Å². The summed E-state index contributed by atoms with van der Waals surface area (Å²) in [5.74, 6) is 0.470. The van der Waals surface area contributed by atoms with Gasteiger partial charge in [0.05, 0.1) is 17.4 Å². The van der Waals surface area contributed by atoms with Gasteiger partial charge in [0.2, 0.25) is 5.91 Å². The van der Waals surface area contributed by atoms with Crippen molar-refractivity contribution in [3.05, 3.63) is 58.9 Å². The SMILES string of the molecule is Cn1cc(CN2CCC(Oc3cccc4c3ccn4CC(N)=O)CC2)ncc1=O. The van der Waals surface area contributed by atoms with Gasteiger partial charge in [0.15, 0.2) is 0 Å². The zero-order chi connectivity index (χ0) is 20.4. The summed E-state index contributed by atoms with van der Waals surface area (Å²) >= 11 is 0. The molecule has 3 heterocycles. The van der Waals surface area contributed by atoms with Crippen molar-refractivity contribution in [3.63, 3.8) is 0 Å². The molecule has 8 nitrogen and oxygen atoms in total. The Balaban J connectivity index is 1.38. The number of nitrogens with zero attached hydrogens (tertiary/aromatic N) is 4. The Bertz CT molecular complexity index is 1080. The van der Waals surface area contributed by atoms with Crippen molar-refractivity contribution < 1.29 is 9.53 Å². The van der Waals surface area contributed by atoms with Gasteiger partial charge in [-0.05, 0) is 31.0 Å². The predicted molar refractivity (Wildman–Crippen MR) is 110 cm³/mol. The first kappa shape index (κ1) is 19.2. The van der Waals surface area contributed by atoms with E-state index in [2.05, 4.69) is 9.88 Å². The molecular formula is C21H25N5O3. The highest BCUT2D eigenvalue weighted by molar-refractivity contribution is 5.87. The van der Waals surface area contributed by atoms with Gasteiger partial charge in [-0.15, -0.1) is 0 Å². The summed E-state index contributed by atoms with van der Waals surface area (Å²) < 4.78 is 9.70. The Morgan fingerprint density at radius 1 is 1.28 bits per heavy atom. The molecule has 0 spiro atoms. The molecule has 1 fully saturated rings. The zero-order valence-electron chi connectivity index (χ0n) is 16.5. The summed E-state index contributed by atoms with van der Waals surface area (Å²) in [5.41, 5.74) is 7.07. The van der Waals surface area contributed by atoms with Crippen LogP contribution in [0.5, 0.6) is 5.75 Å². The molecule has 4 rings (SSSR count). The van der Waals surface area contributed by atoms with Gasteiger partial charge in [0.25, 0.3) is 5.56 Å². The topological polar surface area (TPSA) is 95.4 Å². The number of carbonyl (C=O) groups is 1. The summed E-state index contributed by atoms with van der Waals surface area (Å²) in [6, 6.07) is 7.84. The van der Waals surface area contributed by atoms with Gasteiger partial charge in [0, 0.05) is 44.5 Å². The van der Waals surface area contributed by atoms with Crippen molar-refractivity contribution in [2.45, 2.75) is 32.0 Å². The van der Waals surface area contributed by atoms with Crippen LogP contribution in [-0.2, 0) is 24.9 Å². The Hall–Kier alpha value is -3.13. The Kier molecular flexibility index (Phi) is 5.35. The van der Waals surface area contributed by atoms with Gasteiger partial charge in [-0.2, -0.15) is 0 Å². The Morgan fingerprint density at radius 2 is 2.07 bits per heavy atom. The number of amides is 1. The van der Waals surface area contributed by atoms with Gasteiger partial charge >= 0.3 is 0 Å². The molecule has 8 heteroatoms. The highest BCUT2D eigenvalue weighted by Crippen LogP contribution is 2.29. The minimum Gasteiger partial charge on any atom is -0.490 e. The molecule has 0 atom stereocenters. The van der Waals surface area contributed by atoms with Crippen LogP contribution in [0.1, 0.15) is 18.5 Å². The van der Waals surface area contributed by atoms with Crippen molar-refractivity contribution in [2.75, 3.05) is 13.1 Å². The van der Waals surface area contributed by atoms with Gasteiger partial charge < -0.3 is 19.6 Å². The average Bonchev–Trinajstić information content (AvgIpc) is 3.10. The average molecular weight is 395 g/mol. The van der Waals surface area contributed by atoms with E-state index in [0.717, 1.165) is 54.8 Å². The summed E-state index contributed by atoms with van der Waals surface area (Å²) in [4.78, 5) is 29.3. The second-order valence-corrected chi connectivity index (χ2v) is 7.52. The largest absolute Gasteiger partial charge is 0.490 e. The van der Waals surface area contributed by atoms with Crippen LogP contribution < -0.4 is 16.0 Å². The number of aromatic nitrogens is 3. The molecular weight excluding hydrogens is 370 g/mol. The molecule has 1 saturated heterocycles. The smallest absolute Gasteiger partial charge is 0.268 e. The number of fused-ring (bicyclic) bond motifs is 1. The van der Waals surface area contributed by atoms with Crippen LogP contribution in [0.4, 0.5) is 0 Å². The maximum absolute atomic E-state index is 11.5. The van der Waals surface area contributed by atoms with Crippen LogP contribution in [0.25, 0.3) is 10.9 Å². The fraction of sp³-hybridized carbons (Fsp3) is 0.381. The summed E-state index contributed by atoms with van der Waals surface area (Å²) in [7, 11) is 1.74. The molecule has 0 bridgehead atoms. The second kappa shape index (κ2) is 8.08. The summed E-state index contributed by atoms with van der Waals surface area (Å²) in [5, 5.41) is 0.991. The highest BCUT2D eigenvalue weighted by Gasteiger charge is 2.22. The normalized spacial score (nSPS) is 15.6. The molecule has 152 valence electrons. The van der Waals surface area contributed by atoms with E-state index in [1.165, 1.54) is 6.20 Å². The number of aryl methyl sites for hydroxylation is 1. The molecule has 0 aliphatic carbocycles. The number of ether oxygens (including phenoxy) is 1. The fourth-order valence-electron chi connectivity index (χ4n) is 3.83. The number of carbonyl (C=O) groups excluding carboxylic acids is 1. The lowest BCUT2D eigenvalue weighted by atomic mass is 10.1. The van der Waals surface area contributed by atoms with Crippen molar-refractivity contribution in [2.24, 2.45) is 12.8 Å². The van der Waals surface area contributed by atoms with Crippen LogP contribution in [0.2, 0.25) is 0 Å². The van der Waals surface area contributed by atoms with Crippen LogP contribution >= 0.6 is 0 Å². The van der Waals surface area contributed by atoms with Crippen molar-refractivity contribution >= 4 is 16.8 Å². The first-order chi connectivity index (χ1) is 14.0. The van der Waals surface area contributed by atoms with Crippen molar-refractivity contribution in [1.82, 2.24) is 19.0 Å². The van der Waals surface area contributed by atoms with Crippen molar-refractivity contribution in [1.29, 1.82) is 0 Å². The number of primary amides is 1. The molecule has 1 aliphatic rings. The minimum absolute atomic E-state index is 0.0975. The quantitative estimate of drug-likeness (QED) is 0.678. The van der Waals surface area contributed by atoms with E-state index in [0.29, 0.717) is 0 Å². The predicted octanol–water partition coefficient (Wildman–Crippen LogP) is 1.26. The maximum atomic E-state index is 11.5. The molecule has 1 aromatic carbocycles. The third kappa shape index (κ3) is 4.32. The Morgan fingerprint density at radius 3 is 2.79 bits per heavy atom. The molecule has 1 aliphatic heterocycles. The lowest BCUT2D eigenvalue weighted by Gasteiger charge is -2.32. The number of nitrogens with two attached hydrogens (primary N) is 1. The number of rotatable bonds is 6. The molecule has 0 radical (unpaired) electrons.